The Bertz CT molecular complexity index is 756. The molecule has 2 aromatic rings. The standard InChI is InChI=1S/C19H22F3N3S2/c1-13(17(16-8-5-11-27-16)25-9-2-3-10-25)23-18(26)24-15-7-4-6-14(12-15)19(20,21)22/h4-8,11-13,17H,2-3,9-10H2,1H3,(H2,23,24,26). The second-order valence-corrected chi connectivity index (χ2v) is 8.06. The highest BCUT2D eigenvalue weighted by Crippen LogP contribution is 2.32. The molecule has 8 heteroatoms. The van der Waals surface area contributed by atoms with Crippen LogP contribution in [0, 0.1) is 0 Å². The lowest BCUT2D eigenvalue weighted by Crippen LogP contribution is -2.45. The van der Waals surface area contributed by atoms with Gasteiger partial charge < -0.3 is 10.6 Å². The van der Waals surface area contributed by atoms with E-state index in [4.69, 9.17) is 12.2 Å². The Morgan fingerprint density at radius 1 is 1.19 bits per heavy atom. The van der Waals surface area contributed by atoms with Crippen LogP contribution in [0.1, 0.15) is 36.2 Å². The van der Waals surface area contributed by atoms with Crippen molar-refractivity contribution in [3.05, 3.63) is 52.2 Å². The van der Waals surface area contributed by atoms with E-state index in [9.17, 15) is 13.2 Å². The molecule has 3 rings (SSSR count). The first kappa shape index (κ1) is 20.1. The summed E-state index contributed by atoms with van der Waals surface area (Å²) in [6, 6.07) is 9.42. The van der Waals surface area contributed by atoms with Crippen LogP contribution in [-0.2, 0) is 6.18 Å². The van der Waals surface area contributed by atoms with E-state index in [0.717, 1.165) is 25.2 Å². The summed E-state index contributed by atoms with van der Waals surface area (Å²) in [5.74, 6) is 0. The molecule has 1 aromatic heterocycles. The number of thiocarbonyl (C=S) groups is 1. The average molecular weight is 414 g/mol. The lowest BCUT2D eigenvalue weighted by atomic mass is 10.1. The van der Waals surface area contributed by atoms with Crippen LogP contribution in [0.15, 0.2) is 41.8 Å². The number of rotatable bonds is 5. The van der Waals surface area contributed by atoms with E-state index in [1.165, 1.54) is 23.8 Å². The molecule has 2 N–H and O–H groups in total. The fourth-order valence-electron chi connectivity index (χ4n) is 3.45. The maximum atomic E-state index is 12.9. The maximum Gasteiger partial charge on any atom is 0.416 e. The van der Waals surface area contributed by atoms with Crippen molar-refractivity contribution < 1.29 is 13.2 Å². The van der Waals surface area contributed by atoms with Gasteiger partial charge >= 0.3 is 6.18 Å². The Balaban J connectivity index is 1.67. The molecule has 146 valence electrons. The zero-order valence-electron chi connectivity index (χ0n) is 14.9. The monoisotopic (exact) mass is 413 g/mol. The zero-order chi connectivity index (χ0) is 19.4. The molecule has 2 atom stereocenters. The summed E-state index contributed by atoms with van der Waals surface area (Å²) < 4.78 is 38.6. The maximum absolute atomic E-state index is 12.9. The highest BCUT2D eigenvalue weighted by Gasteiger charge is 2.31. The van der Waals surface area contributed by atoms with Crippen molar-refractivity contribution in [2.75, 3.05) is 18.4 Å². The SMILES string of the molecule is CC(NC(=S)Nc1cccc(C(F)(F)F)c1)C(c1cccs1)N1CCCC1. The molecule has 1 saturated heterocycles. The van der Waals surface area contributed by atoms with Crippen LogP contribution in [0.3, 0.4) is 0 Å². The highest BCUT2D eigenvalue weighted by atomic mass is 32.1. The third-order valence-corrected chi connectivity index (χ3v) is 5.81. The van der Waals surface area contributed by atoms with Gasteiger partial charge in [0.05, 0.1) is 11.6 Å². The van der Waals surface area contributed by atoms with E-state index in [2.05, 4.69) is 33.9 Å². The molecule has 1 fully saturated rings. The first-order chi connectivity index (χ1) is 12.8. The number of nitrogens with one attached hydrogen (secondary N) is 2. The Morgan fingerprint density at radius 2 is 1.93 bits per heavy atom. The lowest BCUT2D eigenvalue weighted by molar-refractivity contribution is -0.137. The van der Waals surface area contributed by atoms with E-state index < -0.39 is 11.7 Å². The van der Waals surface area contributed by atoms with Crippen molar-refractivity contribution in [3.63, 3.8) is 0 Å². The molecule has 0 radical (unpaired) electrons. The minimum absolute atomic E-state index is 0.0209. The van der Waals surface area contributed by atoms with E-state index in [1.807, 2.05) is 6.07 Å². The fraction of sp³-hybridized carbons (Fsp3) is 0.421. The molecule has 0 spiro atoms. The van der Waals surface area contributed by atoms with Crippen LogP contribution in [0.2, 0.25) is 0 Å². The first-order valence-corrected chi connectivity index (χ1v) is 10.2. The summed E-state index contributed by atoms with van der Waals surface area (Å²) >= 11 is 7.07. The molecular weight excluding hydrogens is 391 g/mol. The average Bonchev–Trinajstić information content (AvgIpc) is 3.29. The van der Waals surface area contributed by atoms with Gasteiger partial charge in [-0.3, -0.25) is 4.90 Å². The van der Waals surface area contributed by atoms with Crippen molar-refractivity contribution >= 4 is 34.4 Å². The summed E-state index contributed by atoms with van der Waals surface area (Å²) in [4.78, 5) is 3.70. The Hall–Kier alpha value is -1.64. The second-order valence-electron chi connectivity index (χ2n) is 6.67. The van der Waals surface area contributed by atoms with E-state index in [0.29, 0.717) is 10.8 Å². The summed E-state index contributed by atoms with van der Waals surface area (Å²) in [7, 11) is 0. The van der Waals surface area contributed by atoms with Crippen LogP contribution in [0.25, 0.3) is 0 Å². The number of hydrogen-bond acceptors (Lipinski definition) is 3. The van der Waals surface area contributed by atoms with Gasteiger partial charge in [-0.15, -0.1) is 11.3 Å². The summed E-state index contributed by atoms with van der Waals surface area (Å²) in [5, 5.41) is 8.52. The molecular formula is C19H22F3N3S2. The van der Waals surface area contributed by atoms with Crippen LogP contribution >= 0.6 is 23.6 Å². The lowest BCUT2D eigenvalue weighted by Gasteiger charge is -2.33. The molecule has 2 unspecified atom stereocenters. The minimum atomic E-state index is -4.37. The van der Waals surface area contributed by atoms with Crippen LogP contribution in [0.4, 0.5) is 18.9 Å². The van der Waals surface area contributed by atoms with Crippen molar-refractivity contribution in [2.45, 2.75) is 38.0 Å². The van der Waals surface area contributed by atoms with Crippen molar-refractivity contribution in [1.29, 1.82) is 0 Å². The molecule has 1 aliphatic rings. The number of halogens is 3. The van der Waals surface area contributed by atoms with Gasteiger partial charge in [-0.25, -0.2) is 0 Å². The van der Waals surface area contributed by atoms with Gasteiger partial charge in [0.25, 0.3) is 0 Å². The Kier molecular flexibility index (Phi) is 6.39. The van der Waals surface area contributed by atoms with Crippen molar-refractivity contribution in [2.24, 2.45) is 0 Å². The number of anilines is 1. The van der Waals surface area contributed by atoms with Gasteiger partial charge in [-0.1, -0.05) is 12.1 Å². The van der Waals surface area contributed by atoms with Gasteiger partial charge in [0, 0.05) is 16.6 Å². The van der Waals surface area contributed by atoms with Gasteiger partial charge in [0.2, 0.25) is 0 Å². The van der Waals surface area contributed by atoms with E-state index in [1.54, 1.807) is 17.4 Å². The quantitative estimate of drug-likeness (QED) is 0.653. The minimum Gasteiger partial charge on any atom is -0.358 e. The number of hydrogen-bond donors (Lipinski definition) is 2. The van der Waals surface area contributed by atoms with E-state index in [-0.39, 0.29) is 12.1 Å². The van der Waals surface area contributed by atoms with Gasteiger partial charge in [0.1, 0.15) is 0 Å². The molecule has 0 saturated carbocycles. The third kappa shape index (κ3) is 5.21. The van der Waals surface area contributed by atoms with Gasteiger partial charge in [-0.05, 0) is 74.7 Å². The highest BCUT2D eigenvalue weighted by molar-refractivity contribution is 7.80. The number of alkyl halides is 3. The topological polar surface area (TPSA) is 27.3 Å². The normalized spacial score (nSPS) is 17.5. The Labute approximate surface area is 166 Å². The summed E-state index contributed by atoms with van der Waals surface area (Å²) in [6.07, 6.45) is -2.01. The number of benzene rings is 1. The number of thiophene rings is 1. The molecule has 1 aliphatic heterocycles. The third-order valence-electron chi connectivity index (χ3n) is 4.65. The predicted octanol–water partition coefficient (Wildman–Crippen LogP) is 5.28. The molecule has 0 aliphatic carbocycles. The summed E-state index contributed by atoms with van der Waals surface area (Å²) in [6.45, 7) is 4.15. The van der Waals surface area contributed by atoms with Crippen LogP contribution in [0.5, 0.6) is 0 Å². The second kappa shape index (κ2) is 8.58. The van der Waals surface area contributed by atoms with Gasteiger partial charge in [-0.2, -0.15) is 13.2 Å². The van der Waals surface area contributed by atoms with Crippen LogP contribution < -0.4 is 10.6 Å². The van der Waals surface area contributed by atoms with E-state index >= 15 is 0 Å². The Morgan fingerprint density at radius 3 is 2.56 bits per heavy atom. The molecule has 1 aromatic carbocycles. The first-order valence-electron chi connectivity index (χ1n) is 8.87. The zero-order valence-corrected chi connectivity index (χ0v) is 16.6. The van der Waals surface area contributed by atoms with Crippen LogP contribution in [-0.4, -0.2) is 29.1 Å². The van der Waals surface area contributed by atoms with Crippen molar-refractivity contribution in [3.8, 4) is 0 Å². The molecule has 27 heavy (non-hydrogen) atoms. The van der Waals surface area contributed by atoms with Crippen molar-refractivity contribution in [1.82, 2.24) is 10.2 Å². The largest absolute Gasteiger partial charge is 0.416 e. The molecule has 0 amide bonds. The smallest absolute Gasteiger partial charge is 0.358 e. The predicted molar refractivity (Wildman–Crippen MR) is 108 cm³/mol. The molecule has 0 bridgehead atoms. The molecule has 2 heterocycles. The summed E-state index contributed by atoms with van der Waals surface area (Å²) in [5.41, 5.74) is -0.375. The fourth-order valence-corrected chi connectivity index (χ4v) is 4.72. The number of nitrogens with zero attached hydrogens (tertiary/aromatic N) is 1. The number of likely N-dealkylation sites (tertiary alicyclic amines) is 1. The van der Waals surface area contributed by atoms with Gasteiger partial charge in [0.15, 0.2) is 5.11 Å². The molecule has 3 nitrogen and oxygen atoms in total.